The highest BCUT2D eigenvalue weighted by Gasteiger charge is 2.01. The average molecular weight is 214 g/mol. The first-order valence-corrected chi connectivity index (χ1v) is 5.03. The van der Waals surface area contributed by atoms with Crippen molar-refractivity contribution in [3.8, 4) is 22.4 Å². The van der Waals surface area contributed by atoms with Crippen LogP contribution in [0.2, 0.25) is 0 Å². The van der Waals surface area contributed by atoms with Crippen LogP contribution < -0.4 is 0 Å². The first-order chi connectivity index (χ1) is 7.40. The number of carbonyl (C=O) groups is 1. The topological polar surface area (TPSA) is 42.9 Å². The fraction of sp³-hybridized carbons (Fsp3) is 0. The van der Waals surface area contributed by atoms with Crippen LogP contribution in [0.15, 0.2) is 30.7 Å². The van der Waals surface area contributed by atoms with Gasteiger partial charge in [-0.05, 0) is 30.0 Å². The lowest BCUT2D eigenvalue weighted by Gasteiger charge is -1.91. The Kier molecular flexibility index (Phi) is 2.86. The summed E-state index contributed by atoms with van der Waals surface area (Å²) in [7, 11) is 0. The lowest BCUT2D eigenvalue weighted by molar-refractivity contribution is -0.103. The van der Waals surface area contributed by atoms with E-state index in [2.05, 4.69) is 21.8 Å². The molecule has 0 aliphatic rings. The molecular formula is C11H6N2OS. The molecule has 0 atom stereocenters. The standard InChI is InChI=1S/C11H6N2OS/c14-7-1-2-9-3-4-11(15-9)10-5-6-12-8-13-10/h3-8H. The van der Waals surface area contributed by atoms with E-state index >= 15 is 0 Å². The minimum Gasteiger partial charge on any atom is -0.289 e. The Labute approximate surface area is 90.8 Å². The Morgan fingerprint density at radius 3 is 3.00 bits per heavy atom. The van der Waals surface area contributed by atoms with Crippen LogP contribution in [-0.4, -0.2) is 16.3 Å². The molecule has 2 rings (SSSR count). The summed E-state index contributed by atoms with van der Waals surface area (Å²) >= 11 is 1.50. The Hall–Kier alpha value is -1.99. The minimum absolute atomic E-state index is 0.587. The van der Waals surface area contributed by atoms with Crippen LogP contribution in [0, 0.1) is 11.8 Å². The number of aromatic nitrogens is 2. The van der Waals surface area contributed by atoms with Gasteiger partial charge in [0.25, 0.3) is 0 Å². The number of hydrogen-bond donors (Lipinski definition) is 0. The van der Waals surface area contributed by atoms with E-state index in [0.29, 0.717) is 6.29 Å². The van der Waals surface area contributed by atoms with E-state index in [1.165, 1.54) is 17.7 Å². The number of aldehydes is 1. The van der Waals surface area contributed by atoms with Gasteiger partial charge in [-0.3, -0.25) is 4.79 Å². The SMILES string of the molecule is O=CC#Cc1ccc(-c2ccncn2)s1. The summed E-state index contributed by atoms with van der Waals surface area (Å²) in [6, 6.07) is 5.64. The normalized spacial score (nSPS) is 9.07. The van der Waals surface area contributed by atoms with Gasteiger partial charge in [-0.15, -0.1) is 11.3 Å². The molecule has 0 saturated heterocycles. The van der Waals surface area contributed by atoms with Crippen molar-refractivity contribution in [3.63, 3.8) is 0 Å². The van der Waals surface area contributed by atoms with Crippen LogP contribution in [0.3, 0.4) is 0 Å². The number of rotatable bonds is 1. The van der Waals surface area contributed by atoms with Gasteiger partial charge >= 0.3 is 0 Å². The molecule has 4 heteroatoms. The monoisotopic (exact) mass is 214 g/mol. The van der Waals surface area contributed by atoms with Gasteiger partial charge in [0.2, 0.25) is 0 Å². The molecule has 0 unspecified atom stereocenters. The zero-order chi connectivity index (χ0) is 10.5. The highest BCUT2D eigenvalue weighted by atomic mass is 32.1. The highest BCUT2D eigenvalue weighted by molar-refractivity contribution is 7.16. The average Bonchev–Trinajstić information content (AvgIpc) is 2.76. The summed E-state index contributed by atoms with van der Waals surface area (Å²) < 4.78 is 0. The van der Waals surface area contributed by atoms with Crippen LogP contribution in [0.4, 0.5) is 0 Å². The third kappa shape index (κ3) is 2.27. The first kappa shape index (κ1) is 9.56. The Morgan fingerprint density at radius 1 is 1.33 bits per heavy atom. The van der Waals surface area contributed by atoms with Gasteiger partial charge in [-0.1, -0.05) is 0 Å². The lowest BCUT2D eigenvalue weighted by Crippen LogP contribution is -1.78. The van der Waals surface area contributed by atoms with Crippen molar-refractivity contribution in [3.05, 3.63) is 35.6 Å². The van der Waals surface area contributed by atoms with E-state index in [9.17, 15) is 4.79 Å². The molecule has 2 aromatic rings. The van der Waals surface area contributed by atoms with Crippen molar-refractivity contribution in [2.45, 2.75) is 0 Å². The second-order valence-corrected chi connectivity index (χ2v) is 3.73. The fourth-order valence-corrected chi connectivity index (χ4v) is 1.92. The number of carbonyl (C=O) groups excluding carboxylic acids is 1. The maximum Gasteiger partial charge on any atom is 0.193 e. The van der Waals surface area contributed by atoms with Gasteiger partial charge in [0.1, 0.15) is 6.33 Å². The molecule has 0 aliphatic heterocycles. The predicted molar refractivity (Wildman–Crippen MR) is 58.3 cm³/mol. The van der Waals surface area contributed by atoms with Crippen LogP contribution in [0.25, 0.3) is 10.6 Å². The second kappa shape index (κ2) is 4.49. The molecule has 3 nitrogen and oxygen atoms in total. The first-order valence-electron chi connectivity index (χ1n) is 4.21. The Bertz CT molecular complexity index is 522. The lowest BCUT2D eigenvalue weighted by atomic mass is 10.3. The quantitative estimate of drug-likeness (QED) is 0.536. The summed E-state index contributed by atoms with van der Waals surface area (Å²) in [5.41, 5.74) is 0.870. The molecule has 0 saturated carbocycles. The molecule has 0 radical (unpaired) electrons. The van der Waals surface area contributed by atoms with E-state index in [4.69, 9.17) is 0 Å². The van der Waals surface area contributed by atoms with E-state index < -0.39 is 0 Å². The molecule has 0 aromatic carbocycles. The number of hydrogen-bond acceptors (Lipinski definition) is 4. The fourth-order valence-electron chi connectivity index (χ4n) is 1.08. The zero-order valence-electron chi connectivity index (χ0n) is 7.68. The van der Waals surface area contributed by atoms with E-state index in [1.54, 1.807) is 6.20 Å². The van der Waals surface area contributed by atoms with Gasteiger partial charge in [-0.2, -0.15) is 0 Å². The Morgan fingerprint density at radius 2 is 2.27 bits per heavy atom. The van der Waals surface area contributed by atoms with Crippen molar-refractivity contribution in [1.29, 1.82) is 0 Å². The maximum absolute atomic E-state index is 10.1. The van der Waals surface area contributed by atoms with Crippen molar-refractivity contribution in [2.24, 2.45) is 0 Å². The molecule has 72 valence electrons. The van der Waals surface area contributed by atoms with E-state index in [-0.39, 0.29) is 0 Å². The Balaban J connectivity index is 2.32. The van der Waals surface area contributed by atoms with Crippen molar-refractivity contribution in [2.75, 3.05) is 0 Å². The summed E-state index contributed by atoms with van der Waals surface area (Å²) in [6.07, 6.45) is 3.79. The zero-order valence-corrected chi connectivity index (χ0v) is 8.49. The van der Waals surface area contributed by atoms with Crippen LogP contribution in [-0.2, 0) is 4.79 Å². The van der Waals surface area contributed by atoms with Gasteiger partial charge < -0.3 is 0 Å². The van der Waals surface area contributed by atoms with Crippen molar-refractivity contribution in [1.82, 2.24) is 9.97 Å². The van der Waals surface area contributed by atoms with Gasteiger partial charge in [0.05, 0.1) is 15.4 Å². The smallest absolute Gasteiger partial charge is 0.193 e. The largest absolute Gasteiger partial charge is 0.289 e. The molecule has 0 bridgehead atoms. The molecular weight excluding hydrogens is 208 g/mol. The summed E-state index contributed by atoms with van der Waals surface area (Å²) in [5.74, 6) is 5.12. The summed E-state index contributed by atoms with van der Waals surface area (Å²) in [4.78, 5) is 19.9. The van der Waals surface area contributed by atoms with E-state index in [1.807, 2.05) is 18.2 Å². The maximum atomic E-state index is 10.1. The van der Waals surface area contributed by atoms with Crippen molar-refractivity contribution < 1.29 is 4.79 Å². The third-order valence-corrected chi connectivity index (χ3v) is 2.72. The minimum atomic E-state index is 0.587. The molecule has 0 amide bonds. The summed E-state index contributed by atoms with van der Waals surface area (Å²) in [5, 5.41) is 0. The summed E-state index contributed by atoms with van der Waals surface area (Å²) in [6.45, 7) is 0. The molecule has 0 spiro atoms. The third-order valence-electron chi connectivity index (χ3n) is 1.69. The van der Waals surface area contributed by atoms with Gasteiger partial charge in [-0.25, -0.2) is 9.97 Å². The molecule has 0 N–H and O–H groups in total. The molecule has 0 aliphatic carbocycles. The van der Waals surface area contributed by atoms with Crippen molar-refractivity contribution >= 4 is 17.6 Å². The molecule has 15 heavy (non-hydrogen) atoms. The molecule has 0 fully saturated rings. The van der Waals surface area contributed by atoms with Crippen LogP contribution >= 0.6 is 11.3 Å². The number of thiophene rings is 1. The molecule has 2 aromatic heterocycles. The predicted octanol–water partition coefficient (Wildman–Crippen LogP) is 1.76. The van der Waals surface area contributed by atoms with Gasteiger partial charge in [0, 0.05) is 6.20 Å². The van der Waals surface area contributed by atoms with Gasteiger partial charge in [0.15, 0.2) is 6.29 Å². The number of nitrogens with zero attached hydrogens (tertiary/aromatic N) is 2. The molecule has 2 heterocycles. The van der Waals surface area contributed by atoms with Crippen LogP contribution in [0.1, 0.15) is 4.88 Å². The van der Waals surface area contributed by atoms with E-state index in [0.717, 1.165) is 15.4 Å². The highest BCUT2D eigenvalue weighted by Crippen LogP contribution is 2.25. The van der Waals surface area contributed by atoms with Crippen LogP contribution in [0.5, 0.6) is 0 Å². The second-order valence-electron chi connectivity index (χ2n) is 2.65.